The van der Waals surface area contributed by atoms with Gasteiger partial charge in [0.15, 0.2) is 0 Å². The summed E-state index contributed by atoms with van der Waals surface area (Å²) in [5, 5.41) is 0. The summed E-state index contributed by atoms with van der Waals surface area (Å²) in [5.41, 5.74) is 3.77. The molecule has 0 aromatic heterocycles. The Bertz CT molecular complexity index is 790. The maximum Gasteiger partial charge on any atom is -0.0134 e. The SMILES string of the molecule is CC1C2=C(C1C)C(CCCC1C(C)C3CC1C(C)C3CCC1C(C)C3CC1C(C)C3C)C2C. The molecule has 0 radical (unpaired) electrons. The average molecular weight is 451 g/mol. The molecule has 16 unspecified atom stereocenters. The van der Waals surface area contributed by atoms with Gasteiger partial charge < -0.3 is 0 Å². The molecule has 4 saturated carbocycles. The molecule has 0 aromatic carbocycles. The van der Waals surface area contributed by atoms with E-state index in [-0.39, 0.29) is 0 Å². The molecule has 4 bridgehead atoms. The number of allylic oxidation sites excluding steroid dienone is 2. The van der Waals surface area contributed by atoms with E-state index >= 15 is 0 Å². The van der Waals surface area contributed by atoms with Crippen molar-refractivity contribution in [2.75, 3.05) is 0 Å². The van der Waals surface area contributed by atoms with Crippen molar-refractivity contribution in [3.05, 3.63) is 11.1 Å². The van der Waals surface area contributed by atoms with Gasteiger partial charge in [-0.25, -0.2) is 0 Å². The highest BCUT2D eigenvalue weighted by atomic mass is 14.6. The molecule has 0 amide bonds. The molecular weight excluding hydrogens is 396 g/mol. The van der Waals surface area contributed by atoms with Crippen LogP contribution in [0.4, 0.5) is 0 Å². The van der Waals surface area contributed by atoms with Crippen LogP contribution in [0.5, 0.6) is 0 Å². The average Bonchev–Trinajstić information content (AvgIpc) is 3.48. The third kappa shape index (κ3) is 3.13. The minimum absolute atomic E-state index is 0.892. The first-order chi connectivity index (χ1) is 15.7. The lowest BCUT2D eigenvalue weighted by Crippen LogP contribution is -2.46. The minimum Gasteiger partial charge on any atom is -0.0636 e. The highest BCUT2D eigenvalue weighted by Gasteiger charge is 2.56. The summed E-state index contributed by atoms with van der Waals surface area (Å²) < 4.78 is 0. The molecule has 33 heavy (non-hydrogen) atoms. The highest BCUT2D eigenvalue weighted by Crippen LogP contribution is 2.64. The van der Waals surface area contributed by atoms with Gasteiger partial charge in [0.1, 0.15) is 0 Å². The van der Waals surface area contributed by atoms with Crippen molar-refractivity contribution in [2.24, 2.45) is 94.7 Å². The second-order valence-corrected chi connectivity index (χ2v) is 14.8. The molecule has 6 rings (SSSR count). The third-order valence-electron chi connectivity index (χ3n) is 14.4. The van der Waals surface area contributed by atoms with Crippen molar-refractivity contribution in [1.82, 2.24) is 0 Å². The maximum atomic E-state index is 2.67. The summed E-state index contributed by atoms with van der Waals surface area (Å²) in [6, 6.07) is 0. The summed E-state index contributed by atoms with van der Waals surface area (Å²) in [6.07, 6.45) is 10.8. The first-order valence-electron chi connectivity index (χ1n) is 15.5. The monoisotopic (exact) mass is 450 g/mol. The Morgan fingerprint density at radius 1 is 0.455 bits per heavy atom. The largest absolute Gasteiger partial charge is 0.0636 e. The summed E-state index contributed by atoms with van der Waals surface area (Å²) >= 11 is 0. The lowest BCUT2D eigenvalue weighted by atomic mass is 9.49. The second kappa shape index (κ2) is 8.13. The molecule has 0 aliphatic heterocycles. The van der Waals surface area contributed by atoms with E-state index in [2.05, 4.69) is 55.4 Å². The fraction of sp³-hybridized carbons (Fsp3) is 0.939. The predicted molar refractivity (Wildman–Crippen MR) is 141 cm³/mol. The normalized spacial score (nSPS) is 58.5. The van der Waals surface area contributed by atoms with Crippen LogP contribution < -0.4 is 0 Å². The van der Waals surface area contributed by atoms with E-state index in [1.165, 1.54) is 19.3 Å². The van der Waals surface area contributed by atoms with Crippen LogP contribution in [-0.4, -0.2) is 0 Å². The van der Waals surface area contributed by atoms with Gasteiger partial charge in [-0.2, -0.15) is 0 Å². The Morgan fingerprint density at radius 2 is 0.909 bits per heavy atom. The Kier molecular flexibility index (Phi) is 5.70. The van der Waals surface area contributed by atoms with Crippen molar-refractivity contribution < 1.29 is 0 Å². The number of rotatable bonds is 7. The molecular formula is C33H54. The molecule has 0 aromatic rings. The van der Waals surface area contributed by atoms with E-state index in [0.717, 1.165) is 94.7 Å². The maximum absolute atomic E-state index is 2.67. The molecule has 0 N–H and O–H groups in total. The third-order valence-corrected chi connectivity index (χ3v) is 14.4. The Hall–Kier alpha value is -0.260. The van der Waals surface area contributed by atoms with Gasteiger partial charge in [0, 0.05) is 0 Å². The van der Waals surface area contributed by atoms with E-state index in [1.54, 1.807) is 25.7 Å². The Labute approximate surface area is 206 Å². The second-order valence-electron chi connectivity index (χ2n) is 14.8. The van der Waals surface area contributed by atoms with Crippen LogP contribution in [0.1, 0.15) is 100 Å². The zero-order valence-electron chi connectivity index (χ0n) is 23.2. The lowest BCUT2D eigenvalue weighted by Gasteiger charge is -2.56. The molecule has 4 fully saturated rings. The fourth-order valence-electron chi connectivity index (χ4n) is 12.2. The van der Waals surface area contributed by atoms with Gasteiger partial charge in [-0.05, 0) is 133 Å². The van der Waals surface area contributed by atoms with E-state index < -0.39 is 0 Å². The Morgan fingerprint density at radius 3 is 1.52 bits per heavy atom. The van der Waals surface area contributed by atoms with Crippen LogP contribution in [-0.2, 0) is 0 Å². The van der Waals surface area contributed by atoms with Crippen molar-refractivity contribution >= 4 is 0 Å². The van der Waals surface area contributed by atoms with Crippen molar-refractivity contribution in [1.29, 1.82) is 0 Å². The molecule has 0 nitrogen and oxygen atoms in total. The standard InChI is InChI=1S/C33H54/c1-16-17(2)29-14-28(16)20(5)25(29)12-13-26-22(7)30-15-31(26)21(6)24(30)10-9-11-27-23(8)32-18(3)19(4)33(27)32/h16-31H,9-15H2,1-8H3. The molecule has 6 aliphatic rings. The summed E-state index contributed by atoms with van der Waals surface area (Å²) in [5.74, 6) is 16.0. The topological polar surface area (TPSA) is 0 Å². The molecule has 0 heterocycles. The first kappa shape index (κ1) is 23.2. The van der Waals surface area contributed by atoms with E-state index in [1.807, 2.05) is 11.1 Å². The lowest BCUT2D eigenvalue weighted by molar-refractivity contribution is 0.0752. The molecule has 186 valence electrons. The number of hydrogen-bond donors (Lipinski definition) is 0. The minimum atomic E-state index is 0.892. The highest BCUT2D eigenvalue weighted by molar-refractivity contribution is 5.44. The van der Waals surface area contributed by atoms with Crippen LogP contribution in [0.3, 0.4) is 0 Å². The first-order valence-corrected chi connectivity index (χ1v) is 15.5. The van der Waals surface area contributed by atoms with Crippen LogP contribution in [0.15, 0.2) is 11.1 Å². The summed E-state index contributed by atoms with van der Waals surface area (Å²) in [4.78, 5) is 0. The zero-order valence-corrected chi connectivity index (χ0v) is 23.2. The molecule has 0 heteroatoms. The van der Waals surface area contributed by atoms with Gasteiger partial charge in [0.05, 0.1) is 0 Å². The molecule has 0 spiro atoms. The molecule has 0 saturated heterocycles. The van der Waals surface area contributed by atoms with Crippen LogP contribution in [0.2, 0.25) is 0 Å². The van der Waals surface area contributed by atoms with Gasteiger partial charge in [0.2, 0.25) is 0 Å². The molecule has 16 atom stereocenters. The van der Waals surface area contributed by atoms with E-state index in [4.69, 9.17) is 0 Å². The summed E-state index contributed by atoms with van der Waals surface area (Å²) in [6.45, 7) is 20.6. The van der Waals surface area contributed by atoms with Gasteiger partial charge in [0.25, 0.3) is 0 Å². The predicted octanol–water partition coefficient (Wildman–Crippen LogP) is 9.11. The van der Waals surface area contributed by atoms with Gasteiger partial charge in [-0.15, -0.1) is 0 Å². The van der Waals surface area contributed by atoms with Crippen LogP contribution in [0, 0.1) is 94.7 Å². The number of fused-ring (bicyclic) bond motifs is 4. The van der Waals surface area contributed by atoms with Crippen LogP contribution in [0.25, 0.3) is 0 Å². The van der Waals surface area contributed by atoms with Gasteiger partial charge >= 0.3 is 0 Å². The summed E-state index contributed by atoms with van der Waals surface area (Å²) in [7, 11) is 0. The van der Waals surface area contributed by atoms with Gasteiger partial charge in [-0.3, -0.25) is 0 Å². The fourth-order valence-corrected chi connectivity index (χ4v) is 12.2. The quantitative estimate of drug-likeness (QED) is 0.339. The van der Waals surface area contributed by atoms with Crippen molar-refractivity contribution in [3.8, 4) is 0 Å². The van der Waals surface area contributed by atoms with Crippen molar-refractivity contribution in [3.63, 3.8) is 0 Å². The molecule has 6 aliphatic carbocycles. The van der Waals surface area contributed by atoms with Crippen LogP contribution >= 0.6 is 0 Å². The number of hydrogen-bond acceptors (Lipinski definition) is 0. The van der Waals surface area contributed by atoms with Gasteiger partial charge in [-0.1, -0.05) is 73.0 Å². The van der Waals surface area contributed by atoms with Crippen molar-refractivity contribution in [2.45, 2.75) is 100 Å². The zero-order chi connectivity index (χ0) is 23.3. The Balaban J connectivity index is 1.01. The van der Waals surface area contributed by atoms with E-state index in [9.17, 15) is 0 Å². The smallest absolute Gasteiger partial charge is 0.0134 e. The van der Waals surface area contributed by atoms with E-state index in [0.29, 0.717) is 0 Å².